The highest BCUT2D eigenvalue weighted by atomic mass is 16.5. The number of aromatic nitrogens is 4. The van der Waals surface area contributed by atoms with Gasteiger partial charge in [-0.3, -0.25) is 13.9 Å². The summed E-state index contributed by atoms with van der Waals surface area (Å²) in [5, 5.41) is 0.384. The predicted molar refractivity (Wildman–Crippen MR) is 80.2 cm³/mol. The van der Waals surface area contributed by atoms with Crippen LogP contribution in [0.4, 0.5) is 0 Å². The molecule has 0 saturated heterocycles. The second kappa shape index (κ2) is 5.17. The Balaban J connectivity index is 1.84. The number of rotatable bonds is 2. The summed E-state index contributed by atoms with van der Waals surface area (Å²) in [7, 11) is 1.59. The van der Waals surface area contributed by atoms with Crippen molar-refractivity contribution in [1.29, 1.82) is 0 Å². The van der Waals surface area contributed by atoms with Gasteiger partial charge in [0.2, 0.25) is 5.89 Å². The van der Waals surface area contributed by atoms with Crippen molar-refractivity contribution in [1.82, 2.24) is 19.1 Å². The second-order valence-electron chi connectivity index (χ2n) is 5.39. The molecule has 0 spiro atoms. The Labute approximate surface area is 130 Å². The molecule has 0 unspecified atom stereocenters. The van der Waals surface area contributed by atoms with Crippen LogP contribution in [0, 0.1) is 0 Å². The van der Waals surface area contributed by atoms with Crippen molar-refractivity contribution in [2.45, 2.75) is 19.6 Å². The van der Waals surface area contributed by atoms with Crippen LogP contribution in [-0.2, 0) is 31.4 Å². The maximum absolute atomic E-state index is 12.6. The molecule has 1 aliphatic rings. The first-order chi connectivity index (χ1) is 11.1. The van der Waals surface area contributed by atoms with Crippen LogP contribution in [0.5, 0.6) is 0 Å². The highest BCUT2D eigenvalue weighted by Gasteiger charge is 2.19. The highest BCUT2D eigenvalue weighted by molar-refractivity contribution is 5.73. The van der Waals surface area contributed by atoms with Crippen molar-refractivity contribution in [3.63, 3.8) is 0 Å². The van der Waals surface area contributed by atoms with E-state index in [1.54, 1.807) is 25.4 Å². The number of ether oxygens (including phenoxy) is 1. The molecule has 4 heterocycles. The van der Waals surface area contributed by atoms with Crippen molar-refractivity contribution in [3.05, 3.63) is 56.5 Å². The van der Waals surface area contributed by atoms with Crippen LogP contribution < -0.4 is 11.2 Å². The fourth-order valence-electron chi connectivity index (χ4n) is 2.76. The molecule has 3 aromatic heterocycles. The number of fused-ring (bicyclic) bond motifs is 2. The van der Waals surface area contributed by atoms with Gasteiger partial charge in [-0.05, 0) is 12.1 Å². The van der Waals surface area contributed by atoms with Crippen molar-refractivity contribution >= 4 is 11.0 Å². The first-order valence-electron chi connectivity index (χ1n) is 7.25. The van der Waals surface area contributed by atoms with E-state index in [2.05, 4.69) is 9.97 Å². The maximum Gasteiger partial charge on any atom is 0.332 e. The van der Waals surface area contributed by atoms with E-state index in [4.69, 9.17) is 9.15 Å². The zero-order chi connectivity index (χ0) is 16.0. The molecule has 1 aliphatic heterocycles. The average molecular weight is 314 g/mol. The largest absolute Gasteiger partial charge is 0.443 e. The molecule has 0 radical (unpaired) electrons. The average Bonchev–Trinajstić information content (AvgIpc) is 2.99. The Kier molecular flexibility index (Phi) is 3.12. The smallest absolute Gasteiger partial charge is 0.332 e. The van der Waals surface area contributed by atoms with Gasteiger partial charge in [0.05, 0.1) is 18.6 Å². The summed E-state index contributed by atoms with van der Waals surface area (Å²) in [5.74, 6) is 1.10. The summed E-state index contributed by atoms with van der Waals surface area (Å²) in [5.41, 5.74) is 0.245. The summed E-state index contributed by atoms with van der Waals surface area (Å²) in [6.45, 7) is 0.974. The minimum atomic E-state index is -0.450. The van der Waals surface area contributed by atoms with Gasteiger partial charge in [0, 0.05) is 19.7 Å². The molecule has 118 valence electrons. The van der Waals surface area contributed by atoms with E-state index >= 15 is 0 Å². The van der Waals surface area contributed by atoms with Crippen LogP contribution >= 0.6 is 0 Å². The molecule has 4 rings (SSSR count). The van der Waals surface area contributed by atoms with E-state index in [9.17, 15) is 9.59 Å². The van der Waals surface area contributed by atoms with Gasteiger partial charge in [-0.15, -0.1) is 0 Å². The number of nitrogens with zero attached hydrogens (tertiary/aromatic N) is 4. The van der Waals surface area contributed by atoms with E-state index in [-0.39, 0.29) is 6.54 Å². The Morgan fingerprint density at radius 3 is 3.04 bits per heavy atom. The van der Waals surface area contributed by atoms with Crippen molar-refractivity contribution < 1.29 is 9.15 Å². The molecule has 0 aliphatic carbocycles. The topological polar surface area (TPSA) is 92.1 Å². The minimum absolute atomic E-state index is 0.0106. The summed E-state index contributed by atoms with van der Waals surface area (Å²) < 4.78 is 13.4. The maximum atomic E-state index is 12.6. The number of pyridine rings is 1. The Bertz CT molecular complexity index is 991. The van der Waals surface area contributed by atoms with Crippen LogP contribution in [-0.4, -0.2) is 25.7 Å². The van der Waals surface area contributed by atoms with Crippen molar-refractivity contribution in [3.8, 4) is 0 Å². The molecule has 0 aromatic carbocycles. The lowest BCUT2D eigenvalue weighted by atomic mass is 10.2. The van der Waals surface area contributed by atoms with Gasteiger partial charge in [0.1, 0.15) is 23.6 Å². The quantitative estimate of drug-likeness (QED) is 0.671. The van der Waals surface area contributed by atoms with Gasteiger partial charge in [-0.2, -0.15) is 0 Å². The summed E-state index contributed by atoms with van der Waals surface area (Å²) in [6.07, 6.45) is 2.20. The van der Waals surface area contributed by atoms with Gasteiger partial charge in [0.15, 0.2) is 0 Å². The molecule has 8 nitrogen and oxygen atoms in total. The molecule has 0 bridgehead atoms. The van der Waals surface area contributed by atoms with E-state index in [0.29, 0.717) is 36.6 Å². The molecule has 23 heavy (non-hydrogen) atoms. The molecular formula is C15H14N4O4. The third kappa shape index (κ3) is 2.18. The molecule has 0 atom stereocenters. The van der Waals surface area contributed by atoms with Crippen LogP contribution in [0.2, 0.25) is 0 Å². The van der Waals surface area contributed by atoms with E-state index < -0.39 is 11.2 Å². The number of oxazole rings is 1. The third-order valence-corrected chi connectivity index (χ3v) is 3.93. The lowest BCUT2D eigenvalue weighted by Crippen LogP contribution is -2.39. The highest BCUT2D eigenvalue weighted by Crippen LogP contribution is 2.17. The SMILES string of the molecule is Cn1c(=O)n(Cc2nc3c(o2)CCOC3)c(=O)c2cccnc21. The summed E-state index contributed by atoms with van der Waals surface area (Å²) in [4.78, 5) is 33.4. The van der Waals surface area contributed by atoms with Crippen LogP contribution in [0.25, 0.3) is 11.0 Å². The van der Waals surface area contributed by atoms with E-state index in [1.165, 1.54) is 4.57 Å². The first-order valence-corrected chi connectivity index (χ1v) is 7.25. The van der Waals surface area contributed by atoms with Gasteiger partial charge in [0.25, 0.3) is 5.56 Å². The molecule has 8 heteroatoms. The van der Waals surface area contributed by atoms with Crippen molar-refractivity contribution in [2.75, 3.05) is 6.61 Å². The second-order valence-corrected chi connectivity index (χ2v) is 5.39. The van der Waals surface area contributed by atoms with Crippen LogP contribution in [0.15, 0.2) is 32.3 Å². The standard InChI is InChI=1S/C15H14N4O4/c1-18-13-9(3-2-5-16-13)14(20)19(15(18)21)7-12-17-10-8-22-6-4-11(10)23-12/h2-3,5H,4,6-8H2,1H3. The fourth-order valence-corrected chi connectivity index (χ4v) is 2.76. The zero-order valence-electron chi connectivity index (χ0n) is 12.5. The monoisotopic (exact) mass is 314 g/mol. The van der Waals surface area contributed by atoms with E-state index in [1.807, 2.05) is 0 Å². The number of hydrogen-bond donors (Lipinski definition) is 0. The summed E-state index contributed by atoms with van der Waals surface area (Å²) in [6, 6.07) is 3.31. The molecule has 0 N–H and O–H groups in total. The fraction of sp³-hybridized carbons (Fsp3) is 0.333. The molecule has 3 aromatic rings. The van der Waals surface area contributed by atoms with E-state index in [0.717, 1.165) is 16.0 Å². The van der Waals surface area contributed by atoms with Crippen molar-refractivity contribution in [2.24, 2.45) is 7.05 Å². The van der Waals surface area contributed by atoms with Gasteiger partial charge >= 0.3 is 5.69 Å². The Morgan fingerprint density at radius 2 is 2.22 bits per heavy atom. The van der Waals surface area contributed by atoms with Gasteiger partial charge in [-0.1, -0.05) is 0 Å². The summed E-state index contributed by atoms with van der Waals surface area (Å²) >= 11 is 0. The molecule has 0 saturated carbocycles. The lowest BCUT2D eigenvalue weighted by Gasteiger charge is -2.08. The first kappa shape index (κ1) is 13.9. The molecular weight excluding hydrogens is 300 g/mol. The molecule has 0 fully saturated rings. The zero-order valence-corrected chi connectivity index (χ0v) is 12.5. The van der Waals surface area contributed by atoms with Gasteiger partial charge in [-0.25, -0.2) is 14.8 Å². The lowest BCUT2D eigenvalue weighted by molar-refractivity contribution is 0.102. The minimum Gasteiger partial charge on any atom is -0.443 e. The normalized spacial score (nSPS) is 14.1. The van der Waals surface area contributed by atoms with Crippen LogP contribution in [0.1, 0.15) is 17.3 Å². The van der Waals surface area contributed by atoms with Crippen LogP contribution in [0.3, 0.4) is 0 Å². The predicted octanol–water partition coefficient (Wildman–Crippen LogP) is 0.204. The number of hydrogen-bond acceptors (Lipinski definition) is 6. The Morgan fingerprint density at radius 1 is 1.35 bits per heavy atom. The number of aryl methyl sites for hydroxylation is 1. The molecule has 0 amide bonds. The van der Waals surface area contributed by atoms with Gasteiger partial charge < -0.3 is 9.15 Å². The third-order valence-electron chi connectivity index (χ3n) is 3.93. The Hall–Kier alpha value is -2.74.